The molecule has 3 heterocycles. The SMILES string of the molecule is Cc1cccc(CN2c3ccccc3NC2N2CCC(C(=O)N3CCCC(C)C3)CC2)c1. The van der Waals surface area contributed by atoms with Crippen LogP contribution < -0.4 is 10.2 Å². The quantitative estimate of drug-likeness (QED) is 0.761. The molecule has 0 aliphatic carbocycles. The minimum absolute atomic E-state index is 0.138. The van der Waals surface area contributed by atoms with Crippen LogP contribution in [0.2, 0.25) is 0 Å². The van der Waals surface area contributed by atoms with E-state index in [0.29, 0.717) is 11.8 Å². The molecule has 0 saturated carbocycles. The number of anilines is 2. The number of nitrogens with one attached hydrogen (secondary N) is 1. The van der Waals surface area contributed by atoms with Crippen LogP contribution in [0, 0.1) is 18.8 Å². The number of aryl methyl sites for hydroxylation is 1. The van der Waals surface area contributed by atoms with Crippen LogP contribution in [-0.4, -0.2) is 48.2 Å². The number of benzene rings is 2. The van der Waals surface area contributed by atoms with Gasteiger partial charge in [0.25, 0.3) is 0 Å². The molecule has 2 atom stereocenters. The number of piperidine rings is 2. The van der Waals surface area contributed by atoms with Gasteiger partial charge in [-0.25, -0.2) is 0 Å². The van der Waals surface area contributed by atoms with Crippen molar-refractivity contribution in [2.45, 2.75) is 52.4 Å². The fraction of sp³-hybridized carbons (Fsp3) is 0.519. The molecule has 0 spiro atoms. The van der Waals surface area contributed by atoms with Crippen LogP contribution in [0.3, 0.4) is 0 Å². The predicted octanol–water partition coefficient (Wildman–Crippen LogP) is 4.68. The topological polar surface area (TPSA) is 38.8 Å². The predicted molar refractivity (Wildman–Crippen MR) is 130 cm³/mol. The first kappa shape index (κ1) is 21.3. The Morgan fingerprint density at radius 2 is 1.84 bits per heavy atom. The number of likely N-dealkylation sites (tertiary alicyclic amines) is 2. The first-order valence-electron chi connectivity index (χ1n) is 12.3. The first-order valence-corrected chi connectivity index (χ1v) is 12.3. The highest BCUT2D eigenvalue weighted by Gasteiger charge is 2.37. The Morgan fingerprint density at radius 3 is 2.62 bits per heavy atom. The molecular formula is C27H36N4O. The van der Waals surface area contributed by atoms with Crippen molar-refractivity contribution < 1.29 is 4.79 Å². The van der Waals surface area contributed by atoms with Crippen LogP contribution in [-0.2, 0) is 11.3 Å². The number of fused-ring (bicyclic) bond motifs is 1. The third kappa shape index (κ3) is 4.36. The zero-order chi connectivity index (χ0) is 22.1. The van der Waals surface area contributed by atoms with Gasteiger partial charge in [0.1, 0.15) is 0 Å². The summed E-state index contributed by atoms with van der Waals surface area (Å²) in [6.07, 6.45) is 4.46. The summed E-state index contributed by atoms with van der Waals surface area (Å²) in [6, 6.07) is 17.4. The zero-order valence-electron chi connectivity index (χ0n) is 19.5. The molecule has 32 heavy (non-hydrogen) atoms. The van der Waals surface area contributed by atoms with E-state index in [2.05, 4.69) is 82.4 Å². The van der Waals surface area contributed by atoms with E-state index in [1.54, 1.807) is 0 Å². The molecule has 5 rings (SSSR count). The molecule has 1 N–H and O–H groups in total. The Kier molecular flexibility index (Phi) is 6.09. The van der Waals surface area contributed by atoms with Crippen LogP contribution in [0.1, 0.15) is 43.7 Å². The van der Waals surface area contributed by atoms with Crippen molar-refractivity contribution in [2.75, 3.05) is 36.4 Å². The summed E-state index contributed by atoms with van der Waals surface area (Å²) in [5.41, 5.74) is 5.09. The van der Waals surface area contributed by atoms with E-state index in [1.807, 2.05) is 0 Å². The number of rotatable bonds is 4. The van der Waals surface area contributed by atoms with Crippen LogP contribution in [0.25, 0.3) is 0 Å². The lowest BCUT2D eigenvalue weighted by Gasteiger charge is -2.41. The van der Waals surface area contributed by atoms with Crippen molar-refractivity contribution in [2.24, 2.45) is 11.8 Å². The second-order valence-corrected chi connectivity index (χ2v) is 9.99. The molecule has 2 saturated heterocycles. The Morgan fingerprint density at radius 1 is 1.03 bits per heavy atom. The van der Waals surface area contributed by atoms with Crippen molar-refractivity contribution >= 4 is 17.3 Å². The summed E-state index contributed by atoms with van der Waals surface area (Å²) >= 11 is 0. The van der Waals surface area contributed by atoms with Crippen molar-refractivity contribution in [1.82, 2.24) is 9.80 Å². The Labute approximate surface area is 192 Å². The van der Waals surface area contributed by atoms with Gasteiger partial charge in [-0.15, -0.1) is 0 Å². The van der Waals surface area contributed by atoms with E-state index >= 15 is 0 Å². The lowest BCUT2D eigenvalue weighted by molar-refractivity contribution is -0.139. The van der Waals surface area contributed by atoms with Gasteiger partial charge in [0.15, 0.2) is 6.29 Å². The van der Waals surface area contributed by atoms with Gasteiger partial charge in [-0.05, 0) is 56.2 Å². The fourth-order valence-corrected chi connectivity index (χ4v) is 5.70. The molecule has 2 aromatic carbocycles. The maximum atomic E-state index is 13.1. The summed E-state index contributed by atoms with van der Waals surface area (Å²) in [6.45, 7) is 9.11. The smallest absolute Gasteiger partial charge is 0.225 e. The van der Waals surface area contributed by atoms with Crippen molar-refractivity contribution in [3.63, 3.8) is 0 Å². The number of nitrogens with zero attached hydrogens (tertiary/aromatic N) is 3. The average molecular weight is 433 g/mol. The van der Waals surface area contributed by atoms with E-state index in [1.165, 1.54) is 28.9 Å². The van der Waals surface area contributed by atoms with Crippen LogP contribution in [0.5, 0.6) is 0 Å². The van der Waals surface area contributed by atoms with Crippen molar-refractivity contribution in [3.05, 3.63) is 59.7 Å². The van der Waals surface area contributed by atoms with Crippen LogP contribution in [0.15, 0.2) is 48.5 Å². The number of para-hydroxylation sites is 2. The molecule has 2 unspecified atom stereocenters. The lowest BCUT2D eigenvalue weighted by atomic mass is 9.93. The van der Waals surface area contributed by atoms with E-state index in [-0.39, 0.29) is 12.2 Å². The minimum Gasteiger partial charge on any atom is -0.351 e. The Hall–Kier alpha value is -2.53. The minimum atomic E-state index is 0.138. The molecule has 5 nitrogen and oxygen atoms in total. The summed E-state index contributed by atoms with van der Waals surface area (Å²) in [5.74, 6) is 1.23. The van der Waals surface area contributed by atoms with Crippen molar-refractivity contribution in [3.8, 4) is 0 Å². The van der Waals surface area contributed by atoms with E-state index in [0.717, 1.165) is 52.0 Å². The summed E-state index contributed by atoms with van der Waals surface area (Å²) < 4.78 is 0. The van der Waals surface area contributed by atoms with Gasteiger partial charge in [-0.1, -0.05) is 48.9 Å². The molecule has 0 aromatic heterocycles. The molecule has 1 amide bonds. The van der Waals surface area contributed by atoms with Crippen LogP contribution >= 0.6 is 0 Å². The Bertz CT molecular complexity index is 952. The number of hydrogen-bond acceptors (Lipinski definition) is 4. The number of amides is 1. The second-order valence-electron chi connectivity index (χ2n) is 9.99. The van der Waals surface area contributed by atoms with Gasteiger partial charge < -0.3 is 15.1 Å². The summed E-state index contributed by atoms with van der Waals surface area (Å²) in [7, 11) is 0. The molecule has 5 heteroatoms. The highest BCUT2D eigenvalue weighted by atomic mass is 16.2. The van der Waals surface area contributed by atoms with Gasteiger partial charge in [-0.3, -0.25) is 9.69 Å². The second kappa shape index (κ2) is 9.14. The average Bonchev–Trinajstić information content (AvgIpc) is 3.17. The van der Waals surface area contributed by atoms with Gasteiger partial charge >= 0.3 is 0 Å². The molecule has 3 aliphatic rings. The lowest BCUT2D eigenvalue weighted by Crippen LogP contribution is -2.54. The fourth-order valence-electron chi connectivity index (χ4n) is 5.70. The summed E-state index contributed by atoms with van der Waals surface area (Å²) in [4.78, 5) is 20.3. The number of carbonyl (C=O) groups excluding carboxylic acids is 1. The van der Waals surface area contributed by atoms with E-state index in [9.17, 15) is 4.79 Å². The highest BCUT2D eigenvalue weighted by Crippen LogP contribution is 2.38. The normalized spacial score (nSPS) is 24.3. The van der Waals surface area contributed by atoms with Gasteiger partial charge in [0.05, 0.1) is 11.4 Å². The van der Waals surface area contributed by atoms with Gasteiger partial charge in [-0.2, -0.15) is 0 Å². The van der Waals surface area contributed by atoms with E-state index < -0.39 is 0 Å². The van der Waals surface area contributed by atoms with Crippen LogP contribution in [0.4, 0.5) is 11.4 Å². The standard InChI is InChI=1S/C27H36N4O/c1-20-7-5-9-22(17-20)19-31-25-11-4-3-10-24(25)28-27(31)29-15-12-23(13-16-29)26(32)30-14-6-8-21(2)18-30/h3-5,7,9-11,17,21,23,27-28H,6,8,12-16,18-19H2,1-2H3. The first-order chi connectivity index (χ1) is 15.6. The number of carbonyl (C=O) groups is 1. The maximum Gasteiger partial charge on any atom is 0.225 e. The molecular weight excluding hydrogens is 396 g/mol. The molecule has 3 aliphatic heterocycles. The Balaban J connectivity index is 1.27. The zero-order valence-corrected chi connectivity index (χ0v) is 19.5. The number of hydrogen-bond donors (Lipinski definition) is 1. The third-order valence-corrected chi connectivity index (χ3v) is 7.42. The maximum absolute atomic E-state index is 13.1. The largest absolute Gasteiger partial charge is 0.351 e. The highest BCUT2D eigenvalue weighted by molar-refractivity contribution is 5.79. The molecule has 2 aromatic rings. The summed E-state index contributed by atoms with van der Waals surface area (Å²) in [5, 5.41) is 3.76. The molecule has 0 radical (unpaired) electrons. The molecule has 170 valence electrons. The van der Waals surface area contributed by atoms with Gasteiger partial charge in [0, 0.05) is 38.6 Å². The van der Waals surface area contributed by atoms with E-state index in [4.69, 9.17) is 0 Å². The molecule has 0 bridgehead atoms. The monoisotopic (exact) mass is 432 g/mol. The van der Waals surface area contributed by atoms with Gasteiger partial charge in [0.2, 0.25) is 5.91 Å². The van der Waals surface area contributed by atoms with Crippen molar-refractivity contribution in [1.29, 1.82) is 0 Å². The third-order valence-electron chi connectivity index (χ3n) is 7.42. The molecule has 2 fully saturated rings.